The van der Waals surface area contributed by atoms with Crippen LogP contribution in [0.5, 0.6) is 0 Å². The molecule has 0 spiro atoms. The van der Waals surface area contributed by atoms with Crippen LogP contribution in [0.1, 0.15) is 12.8 Å². The molecule has 0 aliphatic rings. The zero-order valence-corrected chi connectivity index (χ0v) is 8.55. The Labute approximate surface area is 113 Å². The molecule has 0 aromatic heterocycles. The minimum absolute atomic E-state index is 0. The van der Waals surface area contributed by atoms with E-state index in [9.17, 15) is 14.2 Å². The molecule has 0 saturated heterocycles. The molecule has 0 rings (SSSR count). The molecule has 90 valence electrons. The first kappa shape index (κ1) is 18.6. The summed E-state index contributed by atoms with van der Waals surface area (Å²) in [7, 11) is -4.27. The van der Waals surface area contributed by atoms with Gasteiger partial charge in [0.25, 0.3) is 0 Å². The molecule has 0 aromatic rings. The molecule has 16 heavy (non-hydrogen) atoms. The first-order chi connectivity index (χ1) is 6.96. The molecule has 0 radical (unpaired) electrons. The Morgan fingerprint density at radius 3 is 1.81 bits per heavy atom. The molecule has 0 aromatic carbocycles. The van der Waals surface area contributed by atoms with Crippen molar-refractivity contribution in [1.82, 2.24) is 0 Å². The zero-order chi connectivity index (χ0) is 11.9. The minimum atomic E-state index is -4.27. The SMILES string of the molecule is O=C(O)CCC(=O)P(=O)(OCO)OCO.[NaH]. The molecule has 10 heteroatoms. The van der Waals surface area contributed by atoms with E-state index in [1.807, 2.05) is 0 Å². The summed E-state index contributed by atoms with van der Waals surface area (Å²) >= 11 is 0. The molecule has 0 aliphatic carbocycles. The van der Waals surface area contributed by atoms with Crippen LogP contribution in [-0.2, 0) is 23.2 Å². The predicted octanol–water partition coefficient (Wildman–Crippen LogP) is -1.14. The molecular formula is C6H12NaO8P. The third-order valence-electron chi connectivity index (χ3n) is 1.31. The van der Waals surface area contributed by atoms with E-state index in [-0.39, 0.29) is 29.6 Å². The van der Waals surface area contributed by atoms with Crippen molar-refractivity contribution in [2.45, 2.75) is 12.8 Å². The molecule has 3 N–H and O–H groups in total. The predicted molar refractivity (Wildman–Crippen MR) is 53.0 cm³/mol. The Hall–Kier alpha value is 0.210. The van der Waals surface area contributed by atoms with Crippen LogP contribution < -0.4 is 0 Å². The Morgan fingerprint density at radius 1 is 1.06 bits per heavy atom. The van der Waals surface area contributed by atoms with E-state index in [2.05, 4.69) is 9.05 Å². The fourth-order valence-electron chi connectivity index (χ4n) is 0.684. The molecule has 0 aliphatic heterocycles. The number of carbonyl (C=O) groups excluding carboxylic acids is 1. The molecule has 0 bridgehead atoms. The van der Waals surface area contributed by atoms with Crippen molar-refractivity contribution in [2.75, 3.05) is 13.6 Å². The average Bonchev–Trinajstić information content (AvgIpc) is 2.14. The van der Waals surface area contributed by atoms with E-state index in [0.717, 1.165) is 0 Å². The summed E-state index contributed by atoms with van der Waals surface area (Å²) in [4.78, 5) is 21.3. The van der Waals surface area contributed by atoms with Crippen LogP contribution in [0.25, 0.3) is 0 Å². The van der Waals surface area contributed by atoms with Crippen molar-refractivity contribution >= 4 is 48.6 Å². The Balaban J connectivity index is 0. The average molecular weight is 266 g/mol. The Morgan fingerprint density at radius 2 is 1.50 bits per heavy atom. The quantitative estimate of drug-likeness (QED) is 0.285. The van der Waals surface area contributed by atoms with E-state index in [1.54, 1.807) is 0 Å². The second-order valence-corrected chi connectivity index (χ2v) is 4.31. The zero-order valence-electron chi connectivity index (χ0n) is 7.66. The van der Waals surface area contributed by atoms with Crippen LogP contribution in [0, 0.1) is 0 Å². The number of carbonyl (C=O) groups is 2. The third kappa shape index (κ3) is 6.72. The van der Waals surface area contributed by atoms with Gasteiger partial charge in [-0.25, -0.2) is 0 Å². The van der Waals surface area contributed by atoms with Crippen LogP contribution in [0.2, 0.25) is 0 Å². The maximum absolute atomic E-state index is 11.4. The summed E-state index contributed by atoms with van der Waals surface area (Å²) < 4.78 is 19.7. The van der Waals surface area contributed by atoms with Gasteiger partial charge in [0.1, 0.15) is 0 Å². The fourth-order valence-corrected chi connectivity index (χ4v) is 1.74. The van der Waals surface area contributed by atoms with E-state index in [4.69, 9.17) is 15.3 Å². The second-order valence-electron chi connectivity index (χ2n) is 2.30. The van der Waals surface area contributed by atoms with Gasteiger partial charge in [-0.05, 0) is 0 Å². The molecule has 0 saturated carbocycles. The van der Waals surface area contributed by atoms with Crippen molar-refractivity contribution in [3.05, 3.63) is 0 Å². The van der Waals surface area contributed by atoms with Gasteiger partial charge in [0.15, 0.2) is 13.6 Å². The molecule has 0 amide bonds. The number of rotatable bonds is 8. The maximum atomic E-state index is 11.4. The summed E-state index contributed by atoms with van der Waals surface area (Å²) in [5.41, 5.74) is -1.10. The molecule has 0 heterocycles. The van der Waals surface area contributed by atoms with Crippen LogP contribution >= 0.6 is 7.60 Å². The van der Waals surface area contributed by atoms with Gasteiger partial charge >= 0.3 is 43.1 Å². The number of hydrogen-bond donors (Lipinski definition) is 3. The van der Waals surface area contributed by atoms with Gasteiger partial charge in [0.2, 0.25) is 5.52 Å². The molecule has 8 nitrogen and oxygen atoms in total. The number of hydrogen-bond acceptors (Lipinski definition) is 7. The van der Waals surface area contributed by atoms with Gasteiger partial charge in [-0.15, -0.1) is 0 Å². The number of aliphatic hydroxyl groups is 2. The van der Waals surface area contributed by atoms with E-state index >= 15 is 0 Å². The van der Waals surface area contributed by atoms with Crippen molar-refractivity contribution in [3.8, 4) is 0 Å². The number of aliphatic carboxylic acids is 1. The Kier molecular flexibility index (Phi) is 10.8. The summed E-state index contributed by atoms with van der Waals surface area (Å²) in [6, 6.07) is 0. The van der Waals surface area contributed by atoms with E-state index in [0.29, 0.717) is 0 Å². The molecule has 0 fully saturated rings. The summed E-state index contributed by atoms with van der Waals surface area (Å²) in [6.07, 6.45) is -1.10. The van der Waals surface area contributed by atoms with Crippen molar-refractivity contribution in [3.63, 3.8) is 0 Å². The third-order valence-corrected chi connectivity index (χ3v) is 3.06. The van der Waals surface area contributed by atoms with Gasteiger partial charge in [-0.2, -0.15) is 0 Å². The van der Waals surface area contributed by atoms with Gasteiger partial charge < -0.3 is 15.3 Å². The molecule has 0 atom stereocenters. The summed E-state index contributed by atoms with van der Waals surface area (Å²) in [5, 5.41) is 24.9. The van der Waals surface area contributed by atoms with Gasteiger partial charge in [-0.3, -0.25) is 23.2 Å². The fraction of sp³-hybridized carbons (Fsp3) is 0.667. The first-order valence-corrected chi connectivity index (χ1v) is 5.36. The molecular weight excluding hydrogens is 254 g/mol. The first-order valence-electron chi connectivity index (χ1n) is 3.82. The van der Waals surface area contributed by atoms with E-state index < -0.39 is 45.5 Å². The standard InChI is InChI=1S/C6H11O8P.Na.H/c7-3-13-15(12,14-4-8)6(11)2-1-5(9)10;;/h7-8H,1-4H2,(H,9,10);;. The topological polar surface area (TPSA) is 130 Å². The molecule has 0 unspecified atom stereocenters. The van der Waals surface area contributed by atoms with Crippen LogP contribution in [-0.4, -0.2) is 70.0 Å². The number of aliphatic hydroxyl groups excluding tert-OH is 2. The number of carboxylic acid groups (broad SMARTS) is 1. The number of carboxylic acids is 1. The van der Waals surface area contributed by atoms with Crippen LogP contribution in [0.15, 0.2) is 0 Å². The van der Waals surface area contributed by atoms with Crippen molar-refractivity contribution in [1.29, 1.82) is 0 Å². The summed E-state index contributed by atoms with van der Waals surface area (Å²) in [6.45, 7) is -2.06. The van der Waals surface area contributed by atoms with Gasteiger partial charge in [0, 0.05) is 6.42 Å². The second kappa shape index (κ2) is 9.26. The summed E-state index contributed by atoms with van der Waals surface area (Å²) in [5.74, 6) is -1.25. The van der Waals surface area contributed by atoms with Crippen LogP contribution in [0.3, 0.4) is 0 Å². The van der Waals surface area contributed by atoms with Gasteiger partial charge in [-0.1, -0.05) is 0 Å². The normalized spacial score (nSPS) is 10.6. The van der Waals surface area contributed by atoms with Crippen molar-refractivity contribution < 1.29 is 38.5 Å². The van der Waals surface area contributed by atoms with Crippen molar-refractivity contribution in [2.24, 2.45) is 0 Å². The van der Waals surface area contributed by atoms with Gasteiger partial charge in [0.05, 0.1) is 6.42 Å². The van der Waals surface area contributed by atoms with E-state index in [1.165, 1.54) is 0 Å². The monoisotopic (exact) mass is 266 g/mol. The van der Waals surface area contributed by atoms with Crippen LogP contribution in [0.4, 0.5) is 0 Å². The Bertz CT molecular complexity index is 270.